The third-order valence-electron chi connectivity index (χ3n) is 7.54. The number of nitrogens with zero attached hydrogens (tertiary/aromatic N) is 3. The molecule has 1 aromatic heterocycles. The third-order valence-corrected chi connectivity index (χ3v) is 7.54. The number of piperidine rings is 1. The summed E-state index contributed by atoms with van der Waals surface area (Å²) in [6.07, 6.45) is 4.95. The van der Waals surface area contributed by atoms with Crippen molar-refractivity contribution in [1.82, 2.24) is 4.98 Å². The van der Waals surface area contributed by atoms with Crippen LogP contribution in [-0.4, -0.2) is 67.5 Å². The zero-order valence-electron chi connectivity index (χ0n) is 20.8. The van der Waals surface area contributed by atoms with Crippen LogP contribution in [0.4, 0.5) is 23.0 Å². The van der Waals surface area contributed by atoms with Crippen molar-refractivity contribution in [3.8, 4) is 0 Å². The summed E-state index contributed by atoms with van der Waals surface area (Å²) in [6, 6.07) is 11.7. The van der Waals surface area contributed by atoms with E-state index in [9.17, 15) is 9.90 Å². The molecule has 8 heteroatoms. The Hall–Kier alpha value is -2.84. The first-order chi connectivity index (χ1) is 16.9. The SMILES string of the molecule is CC(C)(CO)Nc1ccc(C(=O)Nc2cccc(N3CCOCC3)c2)c(N2CCC3(CC2)CC3)n1. The molecule has 1 amide bonds. The molecule has 3 aliphatic rings. The normalized spacial score (nSPS) is 19.5. The summed E-state index contributed by atoms with van der Waals surface area (Å²) in [5, 5.41) is 16.1. The van der Waals surface area contributed by atoms with Crippen molar-refractivity contribution < 1.29 is 14.6 Å². The van der Waals surface area contributed by atoms with Gasteiger partial charge in [0, 0.05) is 37.6 Å². The van der Waals surface area contributed by atoms with Crippen LogP contribution in [-0.2, 0) is 4.74 Å². The van der Waals surface area contributed by atoms with Crippen molar-refractivity contribution in [2.75, 3.05) is 66.4 Å². The summed E-state index contributed by atoms with van der Waals surface area (Å²) >= 11 is 0. The number of aliphatic hydroxyl groups excluding tert-OH is 1. The molecular formula is C27H37N5O3. The molecular weight excluding hydrogens is 442 g/mol. The Morgan fingerprint density at radius 2 is 1.80 bits per heavy atom. The molecule has 1 aromatic carbocycles. The second kappa shape index (κ2) is 9.66. The van der Waals surface area contributed by atoms with Crippen molar-refractivity contribution in [2.45, 2.75) is 45.1 Å². The van der Waals surface area contributed by atoms with Crippen molar-refractivity contribution in [3.05, 3.63) is 42.0 Å². The second-order valence-corrected chi connectivity index (χ2v) is 10.8. The minimum absolute atomic E-state index is 0.0159. The molecule has 0 atom stereocenters. The van der Waals surface area contributed by atoms with Crippen LogP contribution in [0.5, 0.6) is 0 Å². The van der Waals surface area contributed by atoms with Crippen molar-refractivity contribution >= 4 is 28.9 Å². The molecule has 5 rings (SSSR count). The second-order valence-electron chi connectivity index (χ2n) is 10.8. The van der Waals surface area contributed by atoms with E-state index in [0.717, 1.165) is 63.6 Å². The molecule has 1 saturated carbocycles. The summed E-state index contributed by atoms with van der Waals surface area (Å²) in [4.78, 5) is 22.9. The van der Waals surface area contributed by atoms with Gasteiger partial charge in [0.1, 0.15) is 11.6 Å². The van der Waals surface area contributed by atoms with Crippen LogP contribution in [0.1, 0.15) is 49.9 Å². The summed E-state index contributed by atoms with van der Waals surface area (Å²) in [7, 11) is 0. The topological polar surface area (TPSA) is 90.0 Å². The van der Waals surface area contributed by atoms with Gasteiger partial charge in [-0.3, -0.25) is 4.79 Å². The highest BCUT2D eigenvalue weighted by molar-refractivity contribution is 6.08. The summed E-state index contributed by atoms with van der Waals surface area (Å²) in [5.74, 6) is 1.21. The number of rotatable bonds is 7. The molecule has 3 fully saturated rings. The molecule has 188 valence electrons. The van der Waals surface area contributed by atoms with Crippen molar-refractivity contribution in [2.24, 2.45) is 5.41 Å². The Bertz CT molecular complexity index is 1050. The highest BCUT2D eigenvalue weighted by Crippen LogP contribution is 2.54. The van der Waals surface area contributed by atoms with Gasteiger partial charge in [-0.1, -0.05) is 6.07 Å². The van der Waals surface area contributed by atoms with E-state index in [1.807, 2.05) is 44.2 Å². The molecule has 1 aliphatic carbocycles. The van der Waals surface area contributed by atoms with E-state index in [1.54, 1.807) is 0 Å². The molecule has 1 spiro atoms. The van der Waals surface area contributed by atoms with E-state index in [0.29, 0.717) is 22.6 Å². The number of anilines is 4. The number of hydrogen-bond acceptors (Lipinski definition) is 7. The maximum absolute atomic E-state index is 13.5. The number of carbonyl (C=O) groups is 1. The highest BCUT2D eigenvalue weighted by Gasteiger charge is 2.45. The molecule has 2 saturated heterocycles. The van der Waals surface area contributed by atoms with Gasteiger partial charge >= 0.3 is 0 Å². The number of carbonyl (C=O) groups excluding carboxylic acids is 1. The zero-order chi connectivity index (χ0) is 24.5. The number of aromatic nitrogens is 1. The fourth-order valence-electron chi connectivity index (χ4n) is 4.99. The number of ether oxygens (including phenoxy) is 1. The molecule has 2 aliphatic heterocycles. The summed E-state index contributed by atoms with van der Waals surface area (Å²) < 4.78 is 5.47. The largest absolute Gasteiger partial charge is 0.394 e. The molecule has 0 unspecified atom stereocenters. The fraction of sp³-hybridized carbons (Fsp3) is 0.556. The predicted octanol–water partition coefficient (Wildman–Crippen LogP) is 3.73. The first-order valence-electron chi connectivity index (χ1n) is 12.8. The van der Waals surface area contributed by atoms with Gasteiger partial charge in [0.2, 0.25) is 0 Å². The number of aliphatic hydroxyl groups is 1. The number of hydrogen-bond donors (Lipinski definition) is 3. The summed E-state index contributed by atoms with van der Waals surface area (Å²) in [5.41, 5.74) is 2.45. The van der Waals surface area contributed by atoms with Gasteiger partial charge in [0.15, 0.2) is 0 Å². The van der Waals surface area contributed by atoms with Gasteiger partial charge < -0.3 is 30.3 Å². The monoisotopic (exact) mass is 479 g/mol. The number of pyridine rings is 1. The van der Waals surface area contributed by atoms with Crippen LogP contribution in [0.15, 0.2) is 36.4 Å². The lowest BCUT2D eigenvalue weighted by molar-refractivity contribution is 0.102. The predicted molar refractivity (Wildman–Crippen MR) is 140 cm³/mol. The van der Waals surface area contributed by atoms with Crippen LogP contribution in [0.2, 0.25) is 0 Å². The van der Waals surface area contributed by atoms with Gasteiger partial charge in [-0.05, 0) is 75.3 Å². The lowest BCUT2D eigenvalue weighted by Gasteiger charge is -2.34. The lowest BCUT2D eigenvalue weighted by atomic mass is 9.93. The molecule has 3 heterocycles. The number of amides is 1. The van der Waals surface area contributed by atoms with Gasteiger partial charge in [-0.2, -0.15) is 0 Å². The number of morpholine rings is 1. The minimum Gasteiger partial charge on any atom is -0.394 e. The van der Waals surface area contributed by atoms with Gasteiger partial charge in [-0.15, -0.1) is 0 Å². The Balaban J connectivity index is 1.38. The van der Waals surface area contributed by atoms with E-state index >= 15 is 0 Å². The third kappa shape index (κ3) is 5.54. The quantitative estimate of drug-likeness (QED) is 0.557. The Morgan fingerprint density at radius 1 is 1.06 bits per heavy atom. The fourth-order valence-corrected chi connectivity index (χ4v) is 4.99. The standard InChI is InChI=1S/C27H37N5O3/c1-26(2,19-33)30-23-7-6-22(24(29-23)32-12-10-27(8-9-27)11-13-32)25(34)28-20-4-3-5-21(18-20)31-14-16-35-17-15-31/h3-7,18,33H,8-17,19H2,1-2H3,(H,28,34)(H,29,30). The smallest absolute Gasteiger partial charge is 0.259 e. The van der Waals surface area contributed by atoms with Gasteiger partial charge in [-0.25, -0.2) is 4.98 Å². The first kappa shape index (κ1) is 23.9. The zero-order valence-corrected chi connectivity index (χ0v) is 20.8. The van der Waals surface area contributed by atoms with E-state index in [4.69, 9.17) is 9.72 Å². The van der Waals surface area contributed by atoms with E-state index in [1.165, 1.54) is 12.8 Å². The van der Waals surface area contributed by atoms with Crippen LogP contribution in [0.25, 0.3) is 0 Å². The average Bonchev–Trinajstić information content (AvgIpc) is 3.63. The van der Waals surface area contributed by atoms with Crippen LogP contribution in [0, 0.1) is 5.41 Å². The molecule has 2 aromatic rings. The average molecular weight is 480 g/mol. The van der Waals surface area contributed by atoms with E-state index in [-0.39, 0.29) is 12.5 Å². The molecule has 0 radical (unpaired) electrons. The first-order valence-corrected chi connectivity index (χ1v) is 12.8. The molecule has 0 bridgehead atoms. The van der Waals surface area contributed by atoms with E-state index in [2.05, 4.69) is 26.5 Å². The highest BCUT2D eigenvalue weighted by atomic mass is 16.5. The molecule has 8 nitrogen and oxygen atoms in total. The van der Waals surface area contributed by atoms with Gasteiger partial charge in [0.25, 0.3) is 5.91 Å². The number of nitrogens with one attached hydrogen (secondary N) is 2. The van der Waals surface area contributed by atoms with Crippen molar-refractivity contribution in [1.29, 1.82) is 0 Å². The van der Waals surface area contributed by atoms with Gasteiger partial charge in [0.05, 0.1) is 30.9 Å². The van der Waals surface area contributed by atoms with Crippen molar-refractivity contribution in [3.63, 3.8) is 0 Å². The molecule has 35 heavy (non-hydrogen) atoms. The molecule has 3 N–H and O–H groups in total. The van der Waals surface area contributed by atoms with Crippen LogP contribution in [0.3, 0.4) is 0 Å². The Labute approximate surface area is 207 Å². The number of benzene rings is 1. The Morgan fingerprint density at radius 3 is 2.49 bits per heavy atom. The van der Waals surface area contributed by atoms with E-state index < -0.39 is 5.54 Å². The lowest BCUT2D eigenvalue weighted by Crippen LogP contribution is -2.38. The van der Waals surface area contributed by atoms with Crippen LogP contribution >= 0.6 is 0 Å². The summed E-state index contributed by atoms with van der Waals surface area (Å²) in [6.45, 7) is 8.78. The Kier molecular flexibility index (Phi) is 6.59. The minimum atomic E-state index is -0.506. The van der Waals surface area contributed by atoms with Crippen LogP contribution < -0.4 is 20.4 Å². The maximum Gasteiger partial charge on any atom is 0.259 e. The maximum atomic E-state index is 13.5.